The fraction of sp³-hybridized carbons (Fsp3) is 0.227. The molecule has 0 bridgehead atoms. The molecule has 2 aromatic heterocycles. The van der Waals surface area contributed by atoms with E-state index in [1.165, 1.54) is 36.5 Å². The first-order chi connectivity index (χ1) is 15.2. The van der Waals surface area contributed by atoms with Crippen molar-refractivity contribution in [1.82, 2.24) is 20.1 Å². The number of thiazole rings is 1. The number of benzene rings is 2. The fourth-order valence-electron chi connectivity index (χ4n) is 3.28. The number of carbonyl (C=O) groups excluding carboxylic acids is 1. The average molecular weight is 460 g/mol. The zero-order chi connectivity index (χ0) is 22.9. The van der Waals surface area contributed by atoms with E-state index < -0.39 is 29.8 Å². The van der Waals surface area contributed by atoms with Crippen LogP contribution in [-0.2, 0) is 4.79 Å². The second-order valence-corrected chi connectivity index (χ2v) is 8.09. The van der Waals surface area contributed by atoms with Gasteiger partial charge in [0.05, 0.1) is 23.3 Å². The van der Waals surface area contributed by atoms with Gasteiger partial charge >= 0.3 is 5.92 Å². The molecule has 0 saturated carbocycles. The number of nitrogens with zero attached hydrogens (tertiary/aromatic N) is 3. The molecule has 1 amide bonds. The lowest BCUT2D eigenvalue weighted by molar-refractivity contribution is -0.144. The van der Waals surface area contributed by atoms with Crippen LogP contribution in [0, 0.1) is 5.82 Å². The van der Waals surface area contributed by atoms with Crippen molar-refractivity contribution >= 4 is 28.1 Å². The number of fused-ring (bicyclic) bond motifs is 1. The molecule has 2 atom stereocenters. The lowest BCUT2D eigenvalue weighted by Gasteiger charge is -2.27. The maximum atomic E-state index is 13.8. The summed E-state index contributed by atoms with van der Waals surface area (Å²) in [5.41, 5.74) is 2.91. The highest BCUT2D eigenvalue weighted by Crippen LogP contribution is 2.29. The molecule has 0 fully saturated rings. The molecule has 6 nitrogen and oxygen atoms in total. The molecule has 32 heavy (non-hydrogen) atoms. The third-order valence-corrected chi connectivity index (χ3v) is 5.40. The quantitative estimate of drug-likeness (QED) is 0.426. The Bertz CT molecular complexity index is 1240. The number of rotatable bonds is 7. The highest BCUT2D eigenvalue weighted by molar-refractivity contribution is 7.07. The standard InChI is InChI=1S/C22H19F3N4O2S/c1-13(28-21(30)22(2,24)25)20(14-4-3-5-16(23)8-14)31-17-6-7-18-15(9-17)10-27-29(18)19-11-32-12-26-19/h3-13,20H,1-2H3,(H,28,30)/t13-,20-/m0/s1. The first-order valence-corrected chi connectivity index (χ1v) is 10.6. The Labute approximate surface area is 185 Å². The van der Waals surface area contributed by atoms with Gasteiger partial charge in [-0.05, 0) is 42.8 Å². The summed E-state index contributed by atoms with van der Waals surface area (Å²) in [6, 6.07) is 9.97. The van der Waals surface area contributed by atoms with E-state index in [0.29, 0.717) is 24.1 Å². The molecule has 0 saturated heterocycles. The normalized spacial score (nSPS) is 13.7. The predicted octanol–water partition coefficient (Wildman–Crippen LogP) is 4.90. The summed E-state index contributed by atoms with van der Waals surface area (Å²) in [5, 5.41) is 9.24. The van der Waals surface area contributed by atoms with Gasteiger partial charge in [0.25, 0.3) is 5.91 Å². The first kappa shape index (κ1) is 21.8. The number of amides is 1. The number of aromatic nitrogens is 3. The van der Waals surface area contributed by atoms with Gasteiger partial charge in [-0.3, -0.25) is 4.79 Å². The summed E-state index contributed by atoms with van der Waals surface area (Å²) in [4.78, 5) is 16.1. The number of nitrogens with one attached hydrogen (secondary N) is 1. The maximum Gasteiger partial charge on any atom is 0.321 e. The highest BCUT2D eigenvalue weighted by Gasteiger charge is 2.35. The number of hydrogen-bond acceptors (Lipinski definition) is 5. The van der Waals surface area contributed by atoms with Crippen molar-refractivity contribution in [2.45, 2.75) is 31.9 Å². The Kier molecular flexibility index (Phi) is 5.88. The predicted molar refractivity (Wildman–Crippen MR) is 115 cm³/mol. The lowest BCUT2D eigenvalue weighted by atomic mass is 10.0. The third kappa shape index (κ3) is 4.59. The summed E-state index contributed by atoms with van der Waals surface area (Å²) >= 11 is 1.45. The zero-order valence-corrected chi connectivity index (χ0v) is 17.9. The zero-order valence-electron chi connectivity index (χ0n) is 17.1. The summed E-state index contributed by atoms with van der Waals surface area (Å²) in [6.45, 7) is 2.04. The molecule has 1 N–H and O–H groups in total. The van der Waals surface area contributed by atoms with E-state index in [-0.39, 0.29) is 0 Å². The van der Waals surface area contributed by atoms with E-state index in [9.17, 15) is 18.0 Å². The van der Waals surface area contributed by atoms with Crippen LogP contribution in [0.4, 0.5) is 13.2 Å². The molecule has 4 rings (SSSR count). The summed E-state index contributed by atoms with van der Waals surface area (Å²) in [6.07, 6.45) is 0.740. The van der Waals surface area contributed by atoms with Crippen LogP contribution in [0.15, 0.2) is 59.6 Å². The van der Waals surface area contributed by atoms with Crippen LogP contribution < -0.4 is 10.1 Å². The van der Waals surface area contributed by atoms with Crippen LogP contribution in [0.1, 0.15) is 25.5 Å². The van der Waals surface area contributed by atoms with Crippen molar-refractivity contribution in [2.75, 3.05) is 0 Å². The molecule has 0 radical (unpaired) electrons. The molecule has 4 aromatic rings. The van der Waals surface area contributed by atoms with Gasteiger partial charge in [0.15, 0.2) is 5.82 Å². The van der Waals surface area contributed by atoms with Crippen molar-refractivity contribution in [3.05, 3.63) is 70.9 Å². The maximum absolute atomic E-state index is 13.8. The molecule has 0 aliphatic carbocycles. The molecule has 10 heteroatoms. The largest absolute Gasteiger partial charge is 0.484 e. The van der Waals surface area contributed by atoms with Crippen molar-refractivity contribution in [3.63, 3.8) is 0 Å². The van der Waals surface area contributed by atoms with E-state index in [4.69, 9.17) is 4.74 Å². The van der Waals surface area contributed by atoms with Gasteiger partial charge < -0.3 is 10.1 Å². The Morgan fingerprint density at radius 1 is 1.25 bits per heavy atom. The van der Waals surface area contributed by atoms with E-state index in [1.54, 1.807) is 40.7 Å². The van der Waals surface area contributed by atoms with Crippen molar-refractivity contribution in [3.8, 4) is 11.6 Å². The highest BCUT2D eigenvalue weighted by atomic mass is 32.1. The summed E-state index contributed by atoms with van der Waals surface area (Å²) in [7, 11) is 0. The van der Waals surface area contributed by atoms with E-state index >= 15 is 0 Å². The molecule has 166 valence electrons. The molecular formula is C22H19F3N4O2S. The number of alkyl halides is 2. The smallest absolute Gasteiger partial charge is 0.321 e. The van der Waals surface area contributed by atoms with E-state index in [1.807, 2.05) is 5.38 Å². The second kappa shape index (κ2) is 8.62. The van der Waals surface area contributed by atoms with Gasteiger partial charge in [0, 0.05) is 17.7 Å². The van der Waals surface area contributed by atoms with Gasteiger partial charge in [-0.15, -0.1) is 11.3 Å². The molecule has 0 aliphatic heterocycles. The minimum atomic E-state index is -3.55. The number of ether oxygens (including phenoxy) is 1. The molecule has 2 aromatic carbocycles. The molecule has 2 heterocycles. The Balaban J connectivity index is 1.64. The molecule has 0 spiro atoms. The van der Waals surface area contributed by atoms with Crippen molar-refractivity contribution in [1.29, 1.82) is 0 Å². The molecular weight excluding hydrogens is 441 g/mol. The van der Waals surface area contributed by atoms with Crippen LogP contribution in [0.5, 0.6) is 5.75 Å². The Morgan fingerprint density at radius 2 is 2.06 bits per heavy atom. The SMILES string of the molecule is C[C@H](NC(=O)C(C)(F)F)[C@H](Oc1ccc2c(cnn2-c2cscn2)c1)c1cccc(F)c1. The van der Waals surface area contributed by atoms with Gasteiger partial charge in [0.2, 0.25) is 0 Å². The Hall–Kier alpha value is -3.40. The number of halogens is 3. The number of carbonyl (C=O) groups is 1. The van der Waals surface area contributed by atoms with Crippen LogP contribution in [0.3, 0.4) is 0 Å². The lowest BCUT2D eigenvalue weighted by Crippen LogP contribution is -2.46. The summed E-state index contributed by atoms with van der Waals surface area (Å²) < 4.78 is 48.4. The minimum absolute atomic E-state index is 0.399. The van der Waals surface area contributed by atoms with Gasteiger partial charge in [-0.25, -0.2) is 14.1 Å². The van der Waals surface area contributed by atoms with Crippen LogP contribution in [0.2, 0.25) is 0 Å². The van der Waals surface area contributed by atoms with Crippen LogP contribution >= 0.6 is 11.3 Å². The monoisotopic (exact) mass is 460 g/mol. The van der Waals surface area contributed by atoms with E-state index in [2.05, 4.69) is 15.4 Å². The van der Waals surface area contributed by atoms with Crippen LogP contribution in [0.25, 0.3) is 16.7 Å². The van der Waals surface area contributed by atoms with Crippen molar-refractivity contribution in [2.24, 2.45) is 0 Å². The van der Waals surface area contributed by atoms with Crippen molar-refractivity contribution < 1.29 is 22.7 Å². The molecule has 0 unspecified atom stereocenters. The number of hydrogen-bond donors (Lipinski definition) is 1. The first-order valence-electron chi connectivity index (χ1n) is 9.69. The summed E-state index contributed by atoms with van der Waals surface area (Å²) in [5.74, 6) is -4.39. The Morgan fingerprint density at radius 3 is 2.75 bits per heavy atom. The third-order valence-electron chi connectivity index (χ3n) is 4.83. The van der Waals surface area contributed by atoms with Gasteiger partial charge in [-0.2, -0.15) is 13.9 Å². The van der Waals surface area contributed by atoms with E-state index in [0.717, 1.165) is 10.9 Å². The topological polar surface area (TPSA) is 69.0 Å². The average Bonchev–Trinajstić information content (AvgIpc) is 3.40. The van der Waals surface area contributed by atoms with Gasteiger partial charge in [-0.1, -0.05) is 12.1 Å². The molecule has 0 aliphatic rings. The van der Waals surface area contributed by atoms with Gasteiger partial charge in [0.1, 0.15) is 17.7 Å². The second-order valence-electron chi connectivity index (χ2n) is 7.37. The van der Waals surface area contributed by atoms with Crippen LogP contribution in [-0.4, -0.2) is 32.6 Å². The minimum Gasteiger partial charge on any atom is -0.484 e. The fourth-order valence-corrected chi connectivity index (χ4v) is 3.79.